The van der Waals surface area contributed by atoms with Crippen LogP contribution in [0.5, 0.6) is 0 Å². The van der Waals surface area contributed by atoms with E-state index in [9.17, 15) is 4.79 Å². The van der Waals surface area contributed by atoms with Crippen LogP contribution in [0.3, 0.4) is 0 Å². The Balaban J connectivity index is 1.20. The summed E-state index contributed by atoms with van der Waals surface area (Å²) in [7, 11) is 0. The monoisotopic (exact) mass is 476 g/mol. The van der Waals surface area contributed by atoms with Crippen LogP contribution in [0.2, 0.25) is 0 Å². The number of pyridine rings is 2. The van der Waals surface area contributed by atoms with Crippen molar-refractivity contribution in [3.05, 3.63) is 90.5 Å². The van der Waals surface area contributed by atoms with E-state index < -0.39 is 0 Å². The van der Waals surface area contributed by atoms with Gasteiger partial charge < -0.3 is 15.1 Å². The van der Waals surface area contributed by atoms with E-state index in [-0.39, 0.29) is 11.9 Å². The molecule has 1 aliphatic rings. The first-order valence-electron chi connectivity index (χ1n) is 11.6. The average Bonchev–Trinajstić information content (AvgIpc) is 2.94. The molecule has 9 nitrogen and oxygen atoms in total. The van der Waals surface area contributed by atoms with E-state index in [1.54, 1.807) is 42.7 Å². The molecule has 3 aromatic heterocycles. The van der Waals surface area contributed by atoms with Gasteiger partial charge in [-0.3, -0.25) is 9.78 Å². The number of nitriles is 1. The quantitative estimate of drug-likeness (QED) is 0.463. The van der Waals surface area contributed by atoms with Crippen molar-refractivity contribution in [1.29, 1.82) is 5.26 Å². The van der Waals surface area contributed by atoms with E-state index in [1.165, 1.54) is 6.20 Å². The van der Waals surface area contributed by atoms with Crippen molar-refractivity contribution < 1.29 is 4.79 Å². The van der Waals surface area contributed by atoms with Gasteiger partial charge in [-0.25, -0.2) is 15.0 Å². The van der Waals surface area contributed by atoms with Gasteiger partial charge in [0.15, 0.2) is 0 Å². The van der Waals surface area contributed by atoms with Gasteiger partial charge in [-0.05, 0) is 43.3 Å². The number of piperazine rings is 1. The Morgan fingerprint density at radius 1 is 1.00 bits per heavy atom. The number of nitrogens with zero attached hydrogens (tertiary/aromatic N) is 7. The van der Waals surface area contributed by atoms with Gasteiger partial charge in [0.05, 0.1) is 41.0 Å². The summed E-state index contributed by atoms with van der Waals surface area (Å²) in [6.07, 6.45) is 6.56. The zero-order valence-corrected chi connectivity index (χ0v) is 19.7. The molecule has 0 spiro atoms. The Morgan fingerprint density at radius 2 is 1.86 bits per heavy atom. The second kappa shape index (κ2) is 10.2. The fourth-order valence-electron chi connectivity index (χ4n) is 4.19. The number of nitrogens with one attached hydrogen (secondary N) is 1. The third-order valence-corrected chi connectivity index (χ3v) is 6.07. The van der Waals surface area contributed by atoms with Crippen molar-refractivity contribution in [3.63, 3.8) is 0 Å². The molecule has 9 heteroatoms. The summed E-state index contributed by atoms with van der Waals surface area (Å²) in [5.74, 6) is 1.31. The van der Waals surface area contributed by atoms with Gasteiger partial charge in [0.25, 0.3) is 5.91 Å². The lowest BCUT2D eigenvalue weighted by atomic mass is 10.1. The molecule has 178 valence electrons. The molecule has 0 saturated carbocycles. The summed E-state index contributed by atoms with van der Waals surface area (Å²) < 4.78 is 0. The third kappa shape index (κ3) is 4.98. The molecule has 1 fully saturated rings. The number of hydrogen-bond acceptors (Lipinski definition) is 8. The summed E-state index contributed by atoms with van der Waals surface area (Å²) in [6, 6.07) is 18.9. The second-order valence-corrected chi connectivity index (χ2v) is 8.53. The molecule has 0 unspecified atom stereocenters. The van der Waals surface area contributed by atoms with Crippen LogP contribution in [-0.4, -0.2) is 51.5 Å². The van der Waals surface area contributed by atoms with Crippen molar-refractivity contribution in [2.24, 2.45) is 0 Å². The Bertz CT molecular complexity index is 1380. The largest absolute Gasteiger partial charge is 0.353 e. The number of anilines is 3. The predicted octanol–water partition coefficient (Wildman–Crippen LogP) is 3.77. The van der Waals surface area contributed by atoms with Gasteiger partial charge in [-0.15, -0.1) is 0 Å². The predicted molar refractivity (Wildman–Crippen MR) is 138 cm³/mol. The van der Waals surface area contributed by atoms with E-state index in [1.807, 2.05) is 30.5 Å². The number of carbonyl (C=O) groups is 1. The molecule has 0 aliphatic carbocycles. The Labute approximate surface area is 209 Å². The highest BCUT2D eigenvalue weighted by Gasteiger charge is 2.26. The Hall–Kier alpha value is -4.84. The molecule has 1 N–H and O–H groups in total. The van der Waals surface area contributed by atoms with Crippen molar-refractivity contribution >= 4 is 23.4 Å². The van der Waals surface area contributed by atoms with E-state index in [4.69, 9.17) is 5.26 Å². The zero-order chi connectivity index (χ0) is 24.9. The molecule has 1 aliphatic heterocycles. The molecule has 0 bridgehead atoms. The number of rotatable bonds is 5. The Kier molecular flexibility index (Phi) is 6.49. The van der Waals surface area contributed by atoms with E-state index in [2.05, 4.69) is 48.0 Å². The highest BCUT2D eigenvalue weighted by molar-refractivity contribution is 6.04. The first-order valence-corrected chi connectivity index (χ1v) is 11.6. The minimum atomic E-state index is -0.298. The van der Waals surface area contributed by atoms with Gasteiger partial charge in [-0.1, -0.05) is 18.2 Å². The molecule has 4 heterocycles. The first-order chi connectivity index (χ1) is 17.6. The Morgan fingerprint density at radius 3 is 2.56 bits per heavy atom. The smallest absolute Gasteiger partial charge is 0.257 e. The molecule has 36 heavy (non-hydrogen) atoms. The molecule has 1 amide bonds. The highest BCUT2D eigenvalue weighted by atomic mass is 16.1. The van der Waals surface area contributed by atoms with Crippen LogP contribution in [0.15, 0.2) is 79.4 Å². The molecular weight excluding hydrogens is 452 g/mol. The lowest BCUT2D eigenvalue weighted by Gasteiger charge is -2.40. The van der Waals surface area contributed by atoms with Crippen LogP contribution in [0, 0.1) is 11.3 Å². The van der Waals surface area contributed by atoms with Gasteiger partial charge in [0, 0.05) is 43.6 Å². The number of aromatic nitrogens is 4. The molecular formula is C27H24N8O. The van der Waals surface area contributed by atoms with Gasteiger partial charge >= 0.3 is 0 Å². The van der Waals surface area contributed by atoms with Crippen LogP contribution in [0.1, 0.15) is 22.8 Å². The van der Waals surface area contributed by atoms with E-state index >= 15 is 0 Å². The molecule has 1 saturated heterocycles. The number of benzene rings is 1. The van der Waals surface area contributed by atoms with Crippen molar-refractivity contribution in [3.8, 4) is 17.3 Å². The maximum absolute atomic E-state index is 12.7. The van der Waals surface area contributed by atoms with Crippen LogP contribution in [0.25, 0.3) is 11.3 Å². The van der Waals surface area contributed by atoms with Crippen LogP contribution < -0.4 is 15.1 Å². The molecule has 5 rings (SSSR count). The lowest BCUT2D eigenvalue weighted by molar-refractivity contribution is 0.102. The zero-order valence-electron chi connectivity index (χ0n) is 19.7. The lowest BCUT2D eigenvalue weighted by Crippen LogP contribution is -2.53. The second-order valence-electron chi connectivity index (χ2n) is 8.53. The topological polar surface area (TPSA) is 111 Å². The van der Waals surface area contributed by atoms with Crippen LogP contribution in [-0.2, 0) is 0 Å². The minimum absolute atomic E-state index is 0.208. The fourth-order valence-corrected chi connectivity index (χ4v) is 4.19. The minimum Gasteiger partial charge on any atom is -0.353 e. The van der Waals surface area contributed by atoms with Crippen molar-refractivity contribution in [2.45, 2.75) is 13.0 Å². The highest BCUT2D eigenvalue weighted by Crippen LogP contribution is 2.21. The van der Waals surface area contributed by atoms with Crippen molar-refractivity contribution in [2.75, 3.05) is 34.8 Å². The standard InChI is InChI=1S/C27H24N8O/c1-19-18-34(25-7-2-3-10-29-25)11-12-35(19)27-31-16-23(17-32-27)33-26(36)22-8-9-24(30-15-22)21-6-4-5-20(13-21)14-28/h2-10,13,15-17,19H,11-12,18H2,1H3,(H,33,36)/t19-/m0/s1. The molecule has 1 atom stereocenters. The van der Waals surface area contributed by atoms with Gasteiger partial charge in [-0.2, -0.15) is 5.26 Å². The van der Waals surface area contributed by atoms with E-state index in [0.29, 0.717) is 28.5 Å². The number of carbonyl (C=O) groups excluding carboxylic acids is 1. The van der Waals surface area contributed by atoms with Gasteiger partial charge in [0.1, 0.15) is 5.82 Å². The van der Waals surface area contributed by atoms with Crippen LogP contribution in [0.4, 0.5) is 17.5 Å². The summed E-state index contributed by atoms with van der Waals surface area (Å²) in [6.45, 7) is 4.57. The molecule has 4 aromatic rings. The summed E-state index contributed by atoms with van der Waals surface area (Å²) in [4.78, 5) is 34.9. The molecule has 0 radical (unpaired) electrons. The number of amides is 1. The summed E-state index contributed by atoms with van der Waals surface area (Å²) in [5.41, 5.74) is 2.99. The van der Waals surface area contributed by atoms with Gasteiger partial charge in [0.2, 0.25) is 5.95 Å². The first kappa shape index (κ1) is 22.9. The third-order valence-electron chi connectivity index (χ3n) is 6.07. The summed E-state index contributed by atoms with van der Waals surface area (Å²) >= 11 is 0. The van der Waals surface area contributed by atoms with E-state index in [0.717, 1.165) is 31.0 Å². The summed E-state index contributed by atoms with van der Waals surface area (Å²) in [5, 5.41) is 11.9. The van der Waals surface area contributed by atoms with Crippen LogP contribution >= 0.6 is 0 Å². The maximum atomic E-state index is 12.7. The average molecular weight is 477 g/mol. The van der Waals surface area contributed by atoms with Crippen molar-refractivity contribution in [1.82, 2.24) is 19.9 Å². The number of hydrogen-bond donors (Lipinski definition) is 1. The molecule has 1 aromatic carbocycles. The SMILES string of the molecule is C[C@H]1CN(c2ccccn2)CCN1c1ncc(NC(=O)c2ccc(-c3cccc(C#N)c3)nc2)cn1. The fraction of sp³-hybridized carbons (Fsp3) is 0.185. The maximum Gasteiger partial charge on any atom is 0.257 e. The normalized spacial score (nSPS) is 15.3.